The van der Waals surface area contributed by atoms with Crippen LogP contribution in [0.2, 0.25) is 0 Å². The standard InChI is InChI=1S/C15H18N6OS2/c1-9-3-4-11-12(7-9)19-14(18-11)24-8-13(22)16-5-6-23-15-17-10(2)20-21-15/h3-4,7H,5-6,8H2,1-2H3,(H,16,22)(H,18,19)(H,17,20,21). The summed E-state index contributed by atoms with van der Waals surface area (Å²) in [5.41, 5.74) is 3.09. The van der Waals surface area contributed by atoms with Crippen LogP contribution < -0.4 is 5.32 Å². The van der Waals surface area contributed by atoms with Crippen LogP contribution >= 0.6 is 23.5 Å². The fraction of sp³-hybridized carbons (Fsp3) is 0.333. The third-order valence-corrected chi connectivity index (χ3v) is 4.91. The van der Waals surface area contributed by atoms with Gasteiger partial charge in [0.2, 0.25) is 11.1 Å². The first-order valence-electron chi connectivity index (χ1n) is 7.48. The van der Waals surface area contributed by atoms with Gasteiger partial charge in [0, 0.05) is 12.3 Å². The van der Waals surface area contributed by atoms with Crippen LogP contribution in [0, 0.1) is 13.8 Å². The number of aromatic nitrogens is 5. The summed E-state index contributed by atoms with van der Waals surface area (Å²) in [6.45, 7) is 4.48. The van der Waals surface area contributed by atoms with Crippen molar-refractivity contribution in [1.29, 1.82) is 0 Å². The van der Waals surface area contributed by atoms with E-state index >= 15 is 0 Å². The number of rotatable bonds is 7. The maximum atomic E-state index is 11.9. The lowest BCUT2D eigenvalue weighted by atomic mass is 10.2. The van der Waals surface area contributed by atoms with Gasteiger partial charge in [0.1, 0.15) is 5.82 Å². The summed E-state index contributed by atoms with van der Waals surface area (Å²) in [7, 11) is 0. The number of nitrogens with zero attached hydrogens (tertiary/aromatic N) is 3. The molecule has 0 spiro atoms. The predicted octanol–water partition coefficient (Wildman–Crippen LogP) is 2.30. The minimum Gasteiger partial charge on any atom is -0.355 e. The van der Waals surface area contributed by atoms with E-state index in [0.717, 1.165) is 27.8 Å². The third kappa shape index (κ3) is 4.51. The lowest BCUT2D eigenvalue weighted by Gasteiger charge is -2.02. The summed E-state index contributed by atoms with van der Waals surface area (Å²) in [6, 6.07) is 6.06. The number of thioether (sulfide) groups is 2. The minimum absolute atomic E-state index is 0.0107. The molecule has 0 aliphatic rings. The summed E-state index contributed by atoms with van der Waals surface area (Å²) in [5.74, 6) is 1.85. The maximum Gasteiger partial charge on any atom is 0.230 e. The van der Waals surface area contributed by atoms with Crippen molar-refractivity contribution in [2.45, 2.75) is 24.2 Å². The predicted molar refractivity (Wildman–Crippen MR) is 96.4 cm³/mol. The van der Waals surface area contributed by atoms with Crippen LogP contribution in [0.15, 0.2) is 28.5 Å². The molecule has 0 fully saturated rings. The molecule has 0 saturated carbocycles. The Hall–Kier alpha value is -2.00. The van der Waals surface area contributed by atoms with E-state index in [-0.39, 0.29) is 5.91 Å². The van der Waals surface area contributed by atoms with Gasteiger partial charge in [-0.1, -0.05) is 29.6 Å². The highest BCUT2D eigenvalue weighted by atomic mass is 32.2. The molecule has 1 aromatic carbocycles. The summed E-state index contributed by atoms with van der Waals surface area (Å²) in [5, 5.41) is 11.2. The van der Waals surface area contributed by atoms with Crippen molar-refractivity contribution in [2.75, 3.05) is 18.1 Å². The summed E-state index contributed by atoms with van der Waals surface area (Å²) < 4.78 is 0. The number of aryl methyl sites for hydroxylation is 2. The van der Waals surface area contributed by atoms with Crippen molar-refractivity contribution in [3.8, 4) is 0 Å². The molecule has 0 aliphatic heterocycles. The molecular weight excluding hydrogens is 344 g/mol. The average Bonchev–Trinajstić information content (AvgIpc) is 3.15. The zero-order valence-corrected chi connectivity index (χ0v) is 15.1. The van der Waals surface area contributed by atoms with Gasteiger partial charge in [0.15, 0.2) is 5.16 Å². The number of fused-ring (bicyclic) bond motifs is 1. The molecule has 3 rings (SSSR count). The second-order valence-corrected chi connectivity index (χ2v) is 7.28. The van der Waals surface area contributed by atoms with Gasteiger partial charge in [-0.2, -0.15) is 0 Å². The topological polar surface area (TPSA) is 99.3 Å². The number of hydrogen-bond acceptors (Lipinski definition) is 6. The number of hydrogen-bond donors (Lipinski definition) is 3. The van der Waals surface area contributed by atoms with Gasteiger partial charge in [0.25, 0.3) is 0 Å². The molecule has 0 bridgehead atoms. The number of nitrogens with one attached hydrogen (secondary N) is 3. The van der Waals surface area contributed by atoms with Gasteiger partial charge in [0.05, 0.1) is 16.8 Å². The van der Waals surface area contributed by atoms with Crippen LogP contribution in [0.1, 0.15) is 11.4 Å². The Balaban J connectivity index is 1.40. The number of carbonyl (C=O) groups is 1. The molecule has 3 aromatic rings. The highest BCUT2D eigenvalue weighted by Gasteiger charge is 2.07. The molecule has 2 heterocycles. The van der Waals surface area contributed by atoms with Crippen molar-refractivity contribution < 1.29 is 4.79 Å². The van der Waals surface area contributed by atoms with Gasteiger partial charge in [-0.25, -0.2) is 9.97 Å². The zero-order chi connectivity index (χ0) is 16.9. The smallest absolute Gasteiger partial charge is 0.230 e. The lowest BCUT2D eigenvalue weighted by Crippen LogP contribution is -2.27. The molecule has 2 aromatic heterocycles. The van der Waals surface area contributed by atoms with E-state index in [1.54, 1.807) is 0 Å². The molecule has 0 saturated heterocycles. The average molecular weight is 362 g/mol. The van der Waals surface area contributed by atoms with Crippen LogP contribution in [0.3, 0.4) is 0 Å². The van der Waals surface area contributed by atoms with Crippen LogP contribution in [0.25, 0.3) is 11.0 Å². The molecule has 0 atom stereocenters. The Labute approximate surface area is 147 Å². The van der Waals surface area contributed by atoms with Crippen LogP contribution in [-0.2, 0) is 4.79 Å². The molecule has 0 aliphatic carbocycles. The van der Waals surface area contributed by atoms with Gasteiger partial charge in [-0.15, -0.1) is 5.10 Å². The van der Waals surface area contributed by atoms with Crippen molar-refractivity contribution in [1.82, 2.24) is 30.5 Å². The monoisotopic (exact) mass is 362 g/mol. The SMILES string of the molecule is Cc1ccc2nc(SCC(=O)NCCSc3n[nH]c(C)n3)[nH]c2c1. The Kier molecular flexibility index (Phi) is 5.41. The second-order valence-electron chi connectivity index (χ2n) is 5.25. The number of benzene rings is 1. The van der Waals surface area contributed by atoms with Crippen molar-refractivity contribution in [3.05, 3.63) is 29.6 Å². The van der Waals surface area contributed by atoms with Gasteiger partial charge in [-0.05, 0) is 31.5 Å². The van der Waals surface area contributed by atoms with E-state index in [1.807, 2.05) is 26.0 Å². The Morgan fingerprint density at radius 3 is 2.92 bits per heavy atom. The molecule has 3 N–H and O–H groups in total. The summed E-state index contributed by atoms with van der Waals surface area (Å²) >= 11 is 2.91. The Bertz CT molecular complexity index is 843. The quantitative estimate of drug-likeness (QED) is 0.440. The summed E-state index contributed by atoms with van der Waals surface area (Å²) in [6.07, 6.45) is 0. The van der Waals surface area contributed by atoms with E-state index in [1.165, 1.54) is 29.1 Å². The normalized spacial score (nSPS) is 11.1. The largest absolute Gasteiger partial charge is 0.355 e. The third-order valence-electron chi connectivity index (χ3n) is 3.19. The van der Waals surface area contributed by atoms with E-state index in [0.29, 0.717) is 17.5 Å². The van der Waals surface area contributed by atoms with Crippen molar-refractivity contribution in [2.24, 2.45) is 0 Å². The number of imidazole rings is 1. The molecule has 1 amide bonds. The molecule has 7 nitrogen and oxygen atoms in total. The van der Waals surface area contributed by atoms with Crippen molar-refractivity contribution >= 4 is 40.5 Å². The first-order chi connectivity index (χ1) is 11.6. The number of amides is 1. The van der Waals surface area contributed by atoms with Crippen LogP contribution in [0.4, 0.5) is 0 Å². The lowest BCUT2D eigenvalue weighted by molar-refractivity contribution is -0.118. The van der Waals surface area contributed by atoms with Gasteiger partial charge < -0.3 is 10.3 Å². The first kappa shape index (κ1) is 16.8. The fourth-order valence-electron chi connectivity index (χ4n) is 2.07. The fourth-order valence-corrected chi connectivity index (χ4v) is 3.49. The molecule has 0 unspecified atom stereocenters. The first-order valence-corrected chi connectivity index (χ1v) is 9.45. The van der Waals surface area contributed by atoms with Crippen molar-refractivity contribution in [3.63, 3.8) is 0 Å². The highest BCUT2D eigenvalue weighted by molar-refractivity contribution is 7.99. The molecule has 9 heteroatoms. The van der Waals surface area contributed by atoms with E-state index in [2.05, 4.69) is 36.5 Å². The van der Waals surface area contributed by atoms with Crippen LogP contribution in [0.5, 0.6) is 0 Å². The number of carbonyl (C=O) groups excluding carboxylic acids is 1. The van der Waals surface area contributed by atoms with Gasteiger partial charge in [-0.3, -0.25) is 9.89 Å². The maximum absolute atomic E-state index is 11.9. The number of H-pyrrole nitrogens is 2. The van der Waals surface area contributed by atoms with E-state index < -0.39 is 0 Å². The van der Waals surface area contributed by atoms with Crippen LogP contribution in [-0.4, -0.2) is 49.1 Å². The second kappa shape index (κ2) is 7.71. The van der Waals surface area contributed by atoms with Gasteiger partial charge >= 0.3 is 0 Å². The Morgan fingerprint density at radius 1 is 1.25 bits per heavy atom. The minimum atomic E-state index is -0.0107. The highest BCUT2D eigenvalue weighted by Crippen LogP contribution is 2.20. The number of aromatic amines is 2. The molecule has 126 valence electrons. The Morgan fingerprint density at radius 2 is 2.12 bits per heavy atom. The summed E-state index contributed by atoms with van der Waals surface area (Å²) in [4.78, 5) is 23.8. The zero-order valence-electron chi connectivity index (χ0n) is 13.4. The molecular formula is C15H18N6OS2. The van der Waals surface area contributed by atoms with E-state index in [4.69, 9.17) is 0 Å². The van der Waals surface area contributed by atoms with E-state index in [9.17, 15) is 4.79 Å². The molecule has 24 heavy (non-hydrogen) atoms. The molecule has 0 radical (unpaired) electrons.